The lowest BCUT2D eigenvalue weighted by molar-refractivity contribution is -0.139. The summed E-state index contributed by atoms with van der Waals surface area (Å²) in [5, 5.41) is 8.50. The van der Waals surface area contributed by atoms with Crippen LogP contribution in [0.4, 0.5) is 5.69 Å². The van der Waals surface area contributed by atoms with Gasteiger partial charge < -0.3 is 20.9 Å². The van der Waals surface area contributed by atoms with Crippen LogP contribution in [0.5, 0.6) is 0 Å². The van der Waals surface area contributed by atoms with E-state index in [0.29, 0.717) is 12.1 Å². The number of carbonyl (C=O) groups is 3. The van der Waals surface area contributed by atoms with Gasteiger partial charge in [-0.25, -0.2) is 0 Å². The summed E-state index contributed by atoms with van der Waals surface area (Å²) in [6.45, 7) is 4.07. The molecule has 0 bridgehead atoms. The van der Waals surface area contributed by atoms with Gasteiger partial charge in [-0.15, -0.1) is 0 Å². The molecule has 0 aromatic heterocycles. The maximum absolute atomic E-state index is 12.1. The molecule has 3 N–H and O–H groups in total. The molecule has 1 heterocycles. The Bertz CT molecular complexity index is 909. The highest BCUT2D eigenvalue weighted by Gasteiger charge is 2.24. The quantitative estimate of drug-likeness (QED) is 0.627. The van der Waals surface area contributed by atoms with E-state index in [4.69, 9.17) is 0 Å². The largest absolute Gasteiger partial charge is 0.385 e. The van der Waals surface area contributed by atoms with Crippen molar-refractivity contribution in [1.29, 1.82) is 0 Å². The minimum absolute atomic E-state index is 0.0261. The molecule has 1 aliphatic heterocycles. The van der Waals surface area contributed by atoms with Crippen molar-refractivity contribution >= 4 is 23.4 Å². The van der Waals surface area contributed by atoms with E-state index in [-0.39, 0.29) is 19.0 Å². The zero-order valence-corrected chi connectivity index (χ0v) is 16.7. The van der Waals surface area contributed by atoms with Gasteiger partial charge >= 0.3 is 11.8 Å². The lowest BCUT2D eigenvalue weighted by Crippen LogP contribution is -2.39. The summed E-state index contributed by atoms with van der Waals surface area (Å²) in [5.41, 5.74) is 4.35. The second-order valence-electron chi connectivity index (χ2n) is 7.14. The summed E-state index contributed by atoms with van der Waals surface area (Å²) in [7, 11) is 1.75. The highest BCUT2D eigenvalue weighted by atomic mass is 16.2. The van der Waals surface area contributed by atoms with Crippen LogP contribution in [0.2, 0.25) is 0 Å². The standard InChI is InChI=1S/C22H26N4O3/c1-3-10-23-18-8-5-15(6-9-18)12-24-20(27)21(28)25-13-16-4-7-17-14-26(2)22(29)19(17)11-16/h4-9,11,23H,3,10,12-14H2,1-2H3,(H,24,27)(H,25,28). The molecule has 29 heavy (non-hydrogen) atoms. The Kier molecular flexibility index (Phi) is 6.49. The molecule has 1 aliphatic rings. The van der Waals surface area contributed by atoms with Gasteiger partial charge in [-0.05, 0) is 41.3 Å². The first kappa shape index (κ1) is 20.4. The number of carbonyl (C=O) groups excluding carboxylic acids is 3. The van der Waals surface area contributed by atoms with Crippen LogP contribution in [0.15, 0.2) is 42.5 Å². The Labute approximate surface area is 170 Å². The fourth-order valence-electron chi connectivity index (χ4n) is 3.14. The van der Waals surface area contributed by atoms with Gasteiger partial charge in [-0.3, -0.25) is 14.4 Å². The van der Waals surface area contributed by atoms with E-state index >= 15 is 0 Å². The number of rotatable bonds is 7. The molecule has 0 spiro atoms. The van der Waals surface area contributed by atoms with E-state index in [9.17, 15) is 14.4 Å². The molecular weight excluding hydrogens is 368 g/mol. The Balaban J connectivity index is 1.46. The van der Waals surface area contributed by atoms with Crippen molar-refractivity contribution in [2.75, 3.05) is 18.9 Å². The first-order valence-corrected chi connectivity index (χ1v) is 9.74. The number of benzene rings is 2. The van der Waals surface area contributed by atoms with Crippen LogP contribution in [0, 0.1) is 0 Å². The molecule has 0 atom stereocenters. The summed E-state index contributed by atoms with van der Waals surface area (Å²) >= 11 is 0. The maximum atomic E-state index is 12.1. The van der Waals surface area contributed by atoms with Crippen LogP contribution in [0.1, 0.15) is 40.4 Å². The highest BCUT2D eigenvalue weighted by Crippen LogP contribution is 2.22. The van der Waals surface area contributed by atoms with Crippen LogP contribution in [-0.4, -0.2) is 36.2 Å². The van der Waals surface area contributed by atoms with Gasteiger partial charge in [0.05, 0.1) is 0 Å². The van der Waals surface area contributed by atoms with Crippen LogP contribution in [-0.2, 0) is 29.2 Å². The number of amides is 3. The van der Waals surface area contributed by atoms with E-state index in [1.54, 1.807) is 18.0 Å². The Hall–Kier alpha value is -3.35. The third-order valence-electron chi connectivity index (χ3n) is 4.80. The average molecular weight is 394 g/mol. The van der Waals surface area contributed by atoms with Crippen LogP contribution >= 0.6 is 0 Å². The van der Waals surface area contributed by atoms with Crippen molar-refractivity contribution in [2.24, 2.45) is 0 Å². The SMILES string of the molecule is CCCNc1ccc(CNC(=O)C(=O)NCc2ccc3c(c2)C(=O)N(C)C3)cc1. The molecule has 0 fully saturated rings. The van der Waals surface area contributed by atoms with Crippen molar-refractivity contribution in [3.05, 3.63) is 64.7 Å². The fraction of sp³-hybridized carbons (Fsp3) is 0.318. The summed E-state index contributed by atoms with van der Waals surface area (Å²) in [4.78, 5) is 37.8. The summed E-state index contributed by atoms with van der Waals surface area (Å²) < 4.78 is 0. The topological polar surface area (TPSA) is 90.5 Å². The van der Waals surface area contributed by atoms with Crippen LogP contribution in [0.25, 0.3) is 0 Å². The van der Waals surface area contributed by atoms with Crippen LogP contribution in [0.3, 0.4) is 0 Å². The number of hydrogen-bond donors (Lipinski definition) is 3. The summed E-state index contributed by atoms with van der Waals surface area (Å²) in [6, 6.07) is 13.2. The van der Waals surface area contributed by atoms with Gasteiger partial charge in [0, 0.05) is 44.5 Å². The highest BCUT2D eigenvalue weighted by molar-refractivity contribution is 6.35. The van der Waals surface area contributed by atoms with Gasteiger partial charge in [0.15, 0.2) is 0 Å². The number of hydrogen-bond acceptors (Lipinski definition) is 4. The molecule has 152 valence electrons. The van der Waals surface area contributed by atoms with Gasteiger partial charge in [0.25, 0.3) is 5.91 Å². The lowest BCUT2D eigenvalue weighted by Gasteiger charge is -2.09. The summed E-state index contributed by atoms with van der Waals surface area (Å²) in [6.07, 6.45) is 1.05. The second kappa shape index (κ2) is 9.23. The Morgan fingerprint density at radius 1 is 0.966 bits per heavy atom. The number of anilines is 1. The maximum Gasteiger partial charge on any atom is 0.309 e. The molecule has 2 aromatic rings. The minimum Gasteiger partial charge on any atom is -0.385 e. The van der Waals surface area contributed by atoms with Crippen molar-refractivity contribution in [3.8, 4) is 0 Å². The molecular formula is C22H26N4O3. The third-order valence-corrected chi connectivity index (χ3v) is 4.80. The van der Waals surface area contributed by atoms with E-state index in [2.05, 4.69) is 22.9 Å². The van der Waals surface area contributed by atoms with Gasteiger partial charge in [-0.1, -0.05) is 31.2 Å². The van der Waals surface area contributed by atoms with Gasteiger partial charge in [-0.2, -0.15) is 0 Å². The fourth-order valence-corrected chi connectivity index (χ4v) is 3.14. The third kappa shape index (κ3) is 5.13. The number of fused-ring (bicyclic) bond motifs is 1. The second-order valence-corrected chi connectivity index (χ2v) is 7.14. The number of nitrogens with zero attached hydrogens (tertiary/aromatic N) is 1. The summed E-state index contributed by atoms with van der Waals surface area (Å²) in [5.74, 6) is -1.41. The minimum atomic E-state index is -0.699. The smallest absolute Gasteiger partial charge is 0.309 e. The van der Waals surface area contributed by atoms with Gasteiger partial charge in [0.1, 0.15) is 0 Å². The van der Waals surface area contributed by atoms with Crippen molar-refractivity contribution < 1.29 is 14.4 Å². The van der Waals surface area contributed by atoms with E-state index in [0.717, 1.165) is 35.3 Å². The first-order valence-electron chi connectivity index (χ1n) is 9.74. The molecule has 3 rings (SSSR count). The monoisotopic (exact) mass is 394 g/mol. The van der Waals surface area contributed by atoms with Crippen LogP contribution < -0.4 is 16.0 Å². The molecule has 3 amide bonds. The Morgan fingerprint density at radius 3 is 2.24 bits per heavy atom. The molecule has 0 aliphatic carbocycles. The molecule has 0 unspecified atom stereocenters. The van der Waals surface area contributed by atoms with Crippen molar-refractivity contribution in [2.45, 2.75) is 33.0 Å². The molecule has 2 aromatic carbocycles. The number of nitrogens with one attached hydrogen (secondary N) is 3. The lowest BCUT2D eigenvalue weighted by atomic mass is 10.1. The Morgan fingerprint density at radius 2 is 1.59 bits per heavy atom. The molecule has 0 saturated heterocycles. The average Bonchev–Trinajstić information content (AvgIpc) is 3.02. The van der Waals surface area contributed by atoms with E-state index in [1.807, 2.05) is 36.4 Å². The zero-order valence-electron chi connectivity index (χ0n) is 16.7. The van der Waals surface area contributed by atoms with Gasteiger partial charge in [0.2, 0.25) is 0 Å². The zero-order chi connectivity index (χ0) is 20.8. The molecule has 0 saturated carbocycles. The molecule has 7 nitrogen and oxygen atoms in total. The predicted octanol–water partition coefficient (Wildman–Crippen LogP) is 2.03. The van der Waals surface area contributed by atoms with Crippen molar-refractivity contribution in [3.63, 3.8) is 0 Å². The normalized spacial score (nSPS) is 12.5. The van der Waals surface area contributed by atoms with E-state index in [1.165, 1.54) is 0 Å². The molecule has 0 radical (unpaired) electrons. The van der Waals surface area contributed by atoms with E-state index < -0.39 is 11.8 Å². The predicted molar refractivity (Wildman–Crippen MR) is 111 cm³/mol. The van der Waals surface area contributed by atoms with Crippen molar-refractivity contribution in [1.82, 2.24) is 15.5 Å². The first-order chi connectivity index (χ1) is 14.0. The molecule has 7 heteroatoms.